The lowest BCUT2D eigenvalue weighted by Gasteiger charge is -2.40. The summed E-state index contributed by atoms with van der Waals surface area (Å²) in [5.41, 5.74) is 0. The molecule has 6 atom stereocenters. The second-order valence-electron chi connectivity index (χ2n) is 15.3. The molecule has 62 heavy (non-hydrogen) atoms. The van der Waals surface area contributed by atoms with Crippen molar-refractivity contribution >= 4 is 22.1 Å². The van der Waals surface area contributed by atoms with Crippen LogP contribution in [0.5, 0.6) is 0 Å². The van der Waals surface area contributed by atoms with Crippen LogP contribution in [0.4, 0.5) is 0 Å². The number of allylic oxidation sites excluding steroid dienone is 15. The summed E-state index contributed by atoms with van der Waals surface area (Å²) in [4.78, 5) is 25.4. The van der Waals surface area contributed by atoms with Crippen molar-refractivity contribution in [3.8, 4) is 0 Å². The van der Waals surface area contributed by atoms with Crippen LogP contribution < -0.4 is 0 Å². The molecule has 1 aliphatic heterocycles. The first-order chi connectivity index (χ1) is 30.0. The molecule has 12 nitrogen and oxygen atoms in total. The monoisotopic (exact) mass is 891 g/mol. The second-order valence-corrected chi connectivity index (χ2v) is 16.8. The first kappa shape index (κ1) is 56.6. The summed E-state index contributed by atoms with van der Waals surface area (Å²) in [6.07, 6.45) is 41.9. The van der Waals surface area contributed by atoms with E-state index in [9.17, 15) is 37.9 Å². The molecule has 0 aromatic rings. The number of rotatable bonds is 36. The first-order valence-electron chi connectivity index (χ1n) is 22.8. The van der Waals surface area contributed by atoms with Gasteiger partial charge in [0.15, 0.2) is 12.4 Å². The Hall–Kier alpha value is -3.43. The molecule has 1 aliphatic rings. The van der Waals surface area contributed by atoms with Gasteiger partial charge in [0.05, 0.1) is 13.0 Å². The number of aliphatic hydroxyl groups is 3. The lowest BCUT2D eigenvalue weighted by atomic mass is 10.00. The van der Waals surface area contributed by atoms with Crippen molar-refractivity contribution in [3.63, 3.8) is 0 Å². The summed E-state index contributed by atoms with van der Waals surface area (Å²) < 4.78 is 53.9. The third-order valence-electron chi connectivity index (χ3n) is 9.68. The maximum atomic E-state index is 12.7. The topological polar surface area (TPSA) is 186 Å². The van der Waals surface area contributed by atoms with Crippen molar-refractivity contribution in [2.75, 3.05) is 19.0 Å². The minimum absolute atomic E-state index is 0.0765. The van der Waals surface area contributed by atoms with E-state index in [4.69, 9.17) is 18.9 Å². The van der Waals surface area contributed by atoms with Crippen molar-refractivity contribution in [2.45, 2.75) is 179 Å². The number of carbonyl (C=O) groups excluding carboxylic acids is 2. The molecular formula is C49H78O12S. The highest BCUT2D eigenvalue weighted by molar-refractivity contribution is 7.85. The highest BCUT2D eigenvalue weighted by atomic mass is 32.2. The SMILES string of the molecule is CC/C=C\C/C=C\C/C=C\C/C=C\C/C=C\CC(=O)OC(COC(=O)CCCCCCCC/C=C\C/C=C\C/C=C\CCCCC)COC1OC(CS(=O)(=O)O)C(O)C(O)C1O. The van der Waals surface area contributed by atoms with Crippen LogP contribution >= 0.6 is 0 Å². The van der Waals surface area contributed by atoms with E-state index in [1.54, 1.807) is 6.08 Å². The van der Waals surface area contributed by atoms with Gasteiger partial charge in [0, 0.05) is 6.42 Å². The lowest BCUT2D eigenvalue weighted by molar-refractivity contribution is -0.297. The Morgan fingerprint density at radius 3 is 1.60 bits per heavy atom. The van der Waals surface area contributed by atoms with Crippen molar-refractivity contribution in [3.05, 3.63) is 97.2 Å². The van der Waals surface area contributed by atoms with E-state index in [1.165, 1.54) is 25.7 Å². The molecule has 0 aromatic carbocycles. The number of esters is 2. The van der Waals surface area contributed by atoms with Gasteiger partial charge < -0.3 is 34.3 Å². The fourth-order valence-electron chi connectivity index (χ4n) is 6.17. The fourth-order valence-corrected chi connectivity index (χ4v) is 6.86. The van der Waals surface area contributed by atoms with E-state index in [2.05, 4.69) is 86.8 Å². The van der Waals surface area contributed by atoms with Crippen LogP contribution in [0, 0.1) is 0 Å². The van der Waals surface area contributed by atoms with Gasteiger partial charge in [-0.1, -0.05) is 150 Å². The zero-order chi connectivity index (χ0) is 45.5. The normalized spacial score (nSPS) is 20.8. The minimum Gasteiger partial charge on any atom is -0.462 e. The molecule has 0 aromatic heterocycles. The van der Waals surface area contributed by atoms with E-state index in [0.29, 0.717) is 12.8 Å². The van der Waals surface area contributed by atoms with Gasteiger partial charge in [-0.15, -0.1) is 0 Å². The molecule has 4 N–H and O–H groups in total. The molecule has 0 spiro atoms. The van der Waals surface area contributed by atoms with Crippen molar-refractivity contribution < 1.29 is 56.8 Å². The van der Waals surface area contributed by atoms with E-state index in [0.717, 1.165) is 77.0 Å². The van der Waals surface area contributed by atoms with Gasteiger partial charge in [-0.25, -0.2) is 0 Å². The average Bonchev–Trinajstić information content (AvgIpc) is 3.24. The zero-order valence-electron chi connectivity index (χ0n) is 37.4. The zero-order valence-corrected chi connectivity index (χ0v) is 38.2. The summed E-state index contributed by atoms with van der Waals surface area (Å²) in [5, 5.41) is 30.9. The number of carbonyl (C=O) groups is 2. The van der Waals surface area contributed by atoms with Gasteiger partial charge in [0.1, 0.15) is 36.8 Å². The quantitative estimate of drug-likeness (QED) is 0.0202. The van der Waals surface area contributed by atoms with Gasteiger partial charge in [0.2, 0.25) is 0 Å². The second kappa shape index (κ2) is 38.1. The first-order valence-corrected chi connectivity index (χ1v) is 24.4. The summed E-state index contributed by atoms with van der Waals surface area (Å²) >= 11 is 0. The Morgan fingerprint density at radius 2 is 1.06 bits per heavy atom. The van der Waals surface area contributed by atoms with Crippen LogP contribution in [0.15, 0.2) is 97.2 Å². The van der Waals surface area contributed by atoms with E-state index in [1.807, 2.05) is 18.2 Å². The number of aliphatic hydroxyl groups excluding tert-OH is 3. The minimum atomic E-state index is -4.62. The van der Waals surface area contributed by atoms with Gasteiger partial charge in [-0.2, -0.15) is 8.42 Å². The molecule has 1 rings (SSSR count). The number of unbranched alkanes of at least 4 members (excludes halogenated alkanes) is 9. The van der Waals surface area contributed by atoms with E-state index in [-0.39, 0.29) is 19.4 Å². The Labute approximate surface area is 373 Å². The molecule has 0 saturated carbocycles. The molecule has 1 saturated heterocycles. The van der Waals surface area contributed by atoms with Gasteiger partial charge >= 0.3 is 11.9 Å². The van der Waals surface area contributed by atoms with Crippen LogP contribution in [-0.2, 0) is 38.7 Å². The molecule has 0 bridgehead atoms. The van der Waals surface area contributed by atoms with Crippen LogP contribution in [0.25, 0.3) is 0 Å². The highest BCUT2D eigenvalue weighted by Crippen LogP contribution is 2.24. The molecule has 0 radical (unpaired) electrons. The molecule has 6 unspecified atom stereocenters. The molecule has 0 aliphatic carbocycles. The summed E-state index contributed by atoms with van der Waals surface area (Å²) in [6, 6.07) is 0. The highest BCUT2D eigenvalue weighted by Gasteiger charge is 2.46. The van der Waals surface area contributed by atoms with Crippen LogP contribution in [0.1, 0.15) is 142 Å². The van der Waals surface area contributed by atoms with Crippen LogP contribution in [0.3, 0.4) is 0 Å². The molecule has 1 fully saturated rings. The summed E-state index contributed by atoms with van der Waals surface area (Å²) in [5.74, 6) is -2.18. The maximum Gasteiger partial charge on any atom is 0.310 e. The van der Waals surface area contributed by atoms with E-state index < -0.39 is 71.2 Å². The van der Waals surface area contributed by atoms with Crippen LogP contribution in [-0.4, -0.2) is 96.0 Å². The Kier molecular flexibility index (Phi) is 34.7. The van der Waals surface area contributed by atoms with Crippen molar-refractivity contribution in [1.29, 1.82) is 0 Å². The standard InChI is InChI=1S/C49H78O12S/c1-3-5-7-9-11-13-15-17-19-20-21-22-24-25-27-29-31-33-35-37-44(50)58-39-42(40-59-49-48(54)47(53)46(52)43(61-49)41-62(55,56)57)60-45(51)38-36-34-32-30-28-26-23-18-16-14-12-10-8-6-4-2/h6,8,11-14,17-19,21-23,28,30,34,36,42-43,46-49,52-54H,3-5,7,9-10,15-16,20,24-27,29,31-33,35,37-41H2,1-2H3,(H,55,56,57)/b8-6-,13-11-,14-12-,19-17-,22-21-,23-18-,30-28-,36-34-. The predicted molar refractivity (Wildman–Crippen MR) is 247 cm³/mol. The van der Waals surface area contributed by atoms with E-state index >= 15 is 0 Å². The molecule has 1 heterocycles. The predicted octanol–water partition coefficient (Wildman–Crippen LogP) is 9.44. The third kappa shape index (κ3) is 32.3. The maximum absolute atomic E-state index is 12.7. The smallest absolute Gasteiger partial charge is 0.310 e. The fraction of sp³-hybridized carbons (Fsp3) is 0.633. The molecule has 13 heteroatoms. The molecular weight excluding hydrogens is 813 g/mol. The van der Waals surface area contributed by atoms with Crippen molar-refractivity contribution in [1.82, 2.24) is 0 Å². The summed E-state index contributed by atoms with van der Waals surface area (Å²) in [7, 11) is -4.62. The Bertz CT molecular complexity index is 1510. The lowest BCUT2D eigenvalue weighted by Crippen LogP contribution is -2.60. The Balaban J connectivity index is 2.51. The number of hydrogen-bond acceptors (Lipinski definition) is 11. The third-order valence-corrected chi connectivity index (χ3v) is 10.4. The Morgan fingerprint density at radius 1 is 0.581 bits per heavy atom. The largest absolute Gasteiger partial charge is 0.462 e. The van der Waals surface area contributed by atoms with Crippen LogP contribution in [0.2, 0.25) is 0 Å². The average molecular weight is 891 g/mol. The van der Waals surface area contributed by atoms with Gasteiger partial charge in [-0.3, -0.25) is 14.1 Å². The number of ether oxygens (including phenoxy) is 4. The van der Waals surface area contributed by atoms with Crippen molar-refractivity contribution in [2.24, 2.45) is 0 Å². The van der Waals surface area contributed by atoms with Gasteiger partial charge in [0.25, 0.3) is 10.1 Å². The molecule has 352 valence electrons. The number of hydrogen-bond donors (Lipinski definition) is 4. The van der Waals surface area contributed by atoms with Gasteiger partial charge in [-0.05, 0) is 77.0 Å². The summed E-state index contributed by atoms with van der Waals surface area (Å²) in [6.45, 7) is 3.51. The molecule has 0 amide bonds.